The Hall–Kier alpha value is -1.16. The first-order chi connectivity index (χ1) is 10.8. The Labute approximate surface area is 133 Å². The van der Waals surface area contributed by atoms with Gasteiger partial charge in [0.25, 0.3) is 0 Å². The van der Waals surface area contributed by atoms with Crippen molar-refractivity contribution >= 4 is 0 Å². The molecule has 2 aliphatic heterocycles. The Morgan fingerprint density at radius 2 is 1.91 bits per heavy atom. The van der Waals surface area contributed by atoms with Gasteiger partial charge in [0.1, 0.15) is 0 Å². The summed E-state index contributed by atoms with van der Waals surface area (Å²) in [6.45, 7) is 1.07. The predicted octanol–water partition coefficient (Wildman–Crippen LogP) is 3.75. The van der Waals surface area contributed by atoms with E-state index >= 15 is 0 Å². The summed E-state index contributed by atoms with van der Waals surface area (Å²) in [4.78, 5) is 2.69. The van der Waals surface area contributed by atoms with E-state index in [4.69, 9.17) is 9.47 Å². The number of hydrogen-bond acceptors (Lipinski definition) is 3. The zero-order valence-electron chi connectivity index (χ0n) is 13.7. The topological polar surface area (TPSA) is 21.7 Å². The summed E-state index contributed by atoms with van der Waals surface area (Å²) in [5.74, 6) is 0. The number of ether oxygens (including phenoxy) is 2. The standard InChI is InChI=1S/C19H27NO2/c1-21-19(22-2)13-16-11-17-9-6-10-18(12-16)20(17)14-15-7-4-3-5-8-15/h3-5,7-8,11,17-19H,6,9-10,12-14H2,1-2H3. The highest BCUT2D eigenvalue weighted by Gasteiger charge is 2.34. The van der Waals surface area contributed by atoms with Crippen molar-refractivity contribution in [2.75, 3.05) is 14.2 Å². The molecule has 0 radical (unpaired) electrons. The monoisotopic (exact) mass is 301 g/mol. The zero-order valence-corrected chi connectivity index (χ0v) is 13.7. The lowest BCUT2D eigenvalue weighted by atomic mass is 9.83. The van der Waals surface area contributed by atoms with Gasteiger partial charge in [-0.25, -0.2) is 0 Å². The van der Waals surface area contributed by atoms with E-state index in [0.29, 0.717) is 12.1 Å². The average molecular weight is 301 g/mol. The summed E-state index contributed by atoms with van der Waals surface area (Å²) in [5, 5.41) is 0. The lowest BCUT2D eigenvalue weighted by molar-refractivity contribution is -0.101. The van der Waals surface area contributed by atoms with Crippen LogP contribution in [0.4, 0.5) is 0 Å². The lowest BCUT2D eigenvalue weighted by Crippen LogP contribution is -2.48. The quantitative estimate of drug-likeness (QED) is 0.590. The highest BCUT2D eigenvalue weighted by molar-refractivity contribution is 5.20. The van der Waals surface area contributed by atoms with E-state index in [1.807, 2.05) is 0 Å². The smallest absolute Gasteiger partial charge is 0.160 e. The molecule has 2 heterocycles. The molecule has 1 saturated heterocycles. The highest BCUT2D eigenvalue weighted by Crippen LogP contribution is 2.35. The molecule has 2 aliphatic rings. The van der Waals surface area contributed by atoms with Crippen LogP contribution in [0.25, 0.3) is 0 Å². The largest absolute Gasteiger partial charge is 0.356 e. The van der Waals surface area contributed by atoms with Crippen LogP contribution < -0.4 is 0 Å². The summed E-state index contributed by atoms with van der Waals surface area (Å²) in [6, 6.07) is 12.1. The van der Waals surface area contributed by atoms with Crippen molar-refractivity contribution in [2.24, 2.45) is 0 Å². The molecule has 0 saturated carbocycles. The molecule has 1 aromatic carbocycles. The van der Waals surface area contributed by atoms with E-state index in [1.165, 1.54) is 30.4 Å². The van der Waals surface area contributed by atoms with Gasteiger partial charge in [-0.15, -0.1) is 0 Å². The molecule has 0 amide bonds. The van der Waals surface area contributed by atoms with E-state index in [0.717, 1.165) is 19.4 Å². The minimum absolute atomic E-state index is 0.104. The minimum atomic E-state index is -0.104. The van der Waals surface area contributed by atoms with Crippen LogP contribution in [-0.4, -0.2) is 37.5 Å². The van der Waals surface area contributed by atoms with Gasteiger partial charge in [-0.1, -0.05) is 48.4 Å². The molecule has 3 rings (SSSR count). The number of benzene rings is 1. The summed E-state index contributed by atoms with van der Waals surface area (Å²) in [5.41, 5.74) is 2.93. The second-order valence-corrected chi connectivity index (χ2v) is 6.44. The number of piperidine rings is 1. The number of rotatable bonds is 6. The fourth-order valence-electron chi connectivity index (χ4n) is 3.88. The SMILES string of the molecule is COC(CC1=CC2CCCC(C1)N2Cc1ccccc1)OC. The molecule has 3 heteroatoms. The summed E-state index contributed by atoms with van der Waals surface area (Å²) in [7, 11) is 3.44. The normalized spacial score (nSPS) is 25.3. The maximum Gasteiger partial charge on any atom is 0.160 e. The molecule has 2 unspecified atom stereocenters. The van der Waals surface area contributed by atoms with Crippen LogP contribution >= 0.6 is 0 Å². The van der Waals surface area contributed by atoms with Crippen LogP contribution in [-0.2, 0) is 16.0 Å². The molecule has 1 fully saturated rings. The molecule has 0 N–H and O–H groups in total. The molecule has 120 valence electrons. The molecule has 1 aromatic rings. The van der Waals surface area contributed by atoms with Crippen LogP contribution in [0.3, 0.4) is 0 Å². The number of hydrogen-bond donors (Lipinski definition) is 0. The first-order valence-corrected chi connectivity index (χ1v) is 8.35. The van der Waals surface area contributed by atoms with E-state index in [-0.39, 0.29) is 6.29 Å². The second kappa shape index (κ2) is 7.40. The average Bonchev–Trinajstić information content (AvgIpc) is 2.54. The molecule has 0 aromatic heterocycles. The van der Waals surface area contributed by atoms with Crippen LogP contribution in [0.1, 0.15) is 37.7 Å². The first-order valence-electron chi connectivity index (χ1n) is 8.35. The van der Waals surface area contributed by atoms with E-state index in [9.17, 15) is 0 Å². The minimum Gasteiger partial charge on any atom is -0.356 e. The van der Waals surface area contributed by atoms with Crippen molar-refractivity contribution in [3.8, 4) is 0 Å². The van der Waals surface area contributed by atoms with Gasteiger partial charge in [-0.3, -0.25) is 4.90 Å². The Kier molecular flexibility index (Phi) is 5.29. The molecule has 22 heavy (non-hydrogen) atoms. The van der Waals surface area contributed by atoms with Gasteiger partial charge in [0.2, 0.25) is 0 Å². The van der Waals surface area contributed by atoms with Gasteiger partial charge in [-0.05, 0) is 24.8 Å². The van der Waals surface area contributed by atoms with Crippen LogP contribution in [0.15, 0.2) is 42.0 Å². The van der Waals surface area contributed by atoms with Gasteiger partial charge >= 0.3 is 0 Å². The summed E-state index contributed by atoms with van der Waals surface area (Å²) in [6.07, 6.45) is 8.37. The summed E-state index contributed by atoms with van der Waals surface area (Å²) >= 11 is 0. The third-order valence-corrected chi connectivity index (χ3v) is 5.02. The van der Waals surface area contributed by atoms with Gasteiger partial charge in [0.05, 0.1) is 0 Å². The van der Waals surface area contributed by atoms with Gasteiger partial charge < -0.3 is 9.47 Å². The molecular weight excluding hydrogens is 274 g/mol. The third-order valence-electron chi connectivity index (χ3n) is 5.02. The van der Waals surface area contributed by atoms with Crippen molar-refractivity contribution < 1.29 is 9.47 Å². The van der Waals surface area contributed by atoms with Crippen molar-refractivity contribution in [1.82, 2.24) is 4.90 Å². The van der Waals surface area contributed by atoms with E-state index in [2.05, 4.69) is 41.3 Å². The molecule has 0 aliphatic carbocycles. The Morgan fingerprint density at radius 1 is 1.14 bits per heavy atom. The van der Waals surface area contributed by atoms with E-state index < -0.39 is 0 Å². The molecule has 0 spiro atoms. The maximum absolute atomic E-state index is 5.37. The van der Waals surface area contributed by atoms with Gasteiger partial charge in [0, 0.05) is 39.3 Å². The third kappa shape index (κ3) is 3.60. The van der Waals surface area contributed by atoms with Crippen molar-refractivity contribution in [3.63, 3.8) is 0 Å². The van der Waals surface area contributed by atoms with Crippen molar-refractivity contribution in [2.45, 2.75) is 57.0 Å². The second-order valence-electron chi connectivity index (χ2n) is 6.44. The molecule has 2 bridgehead atoms. The van der Waals surface area contributed by atoms with Crippen molar-refractivity contribution in [3.05, 3.63) is 47.5 Å². The maximum atomic E-state index is 5.37. The van der Waals surface area contributed by atoms with Crippen LogP contribution in [0, 0.1) is 0 Å². The Morgan fingerprint density at radius 3 is 2.59 bits per heavy atom. The number of fused-ring (bicyclic) bond motifs is 2. The Balaban J connectivity index is 1.71. The Bertz CT molecular complexity index is 495. The zero-order chi connectivity index (χ0) is 15.4. The van der Waals surface area contributed by atoms with Crippen LogP contribution in [0.2, 0.25) is 0 Å². The first kappa shape index (κ1) is 15.7. The molecule has 2 atom stereocenters. The van der Waals surface area contributed by atoms with E-state index in [1.54, 1.807) is 14.2 Å². The summed E-state index contributed by atoms with van der Waals surface area (Å²) < 4.78 is 10.7. The van der Waals surface area contributed by atoms with Gasteiger partial charge in [-0.2, -0.15) is 0 Å². The van der Waals surface area contributed by atoms with Crippen molar-refractivity contribution in [1.29, 1.82) is 0 Å². The number of methoxy groups -OCH3 is 2. The van der Waals surface area contributed by atoms with Gasteiger partial charge in [0.15, 0.2) is 6.29 Å². The predicted molar refractivity (Wildman–Crippen MR) is 88.5 cm³/mol. The van der Waals surface area contributed by atoms with Crippen LogP contribution in [0.5, 0.6) is 0 Å². The molecular formula is C19H27NO2. The fourth-order valence-corrected chi connectivity index (χ4v) is 3.88. The lowest BCUT2D eigenvalue weighted by Gasteiger charge is -2.45. The molecule has 3 nitrogen and oxygen atoms in total. The fraction of sp³-hybridized carbons (Fsp3) is 0.579. The number of nitrogens with zero attached hydrogens (tertiary/aromatic N) is 1. The highest BCUT2D eigenvalue weighted by atomic mass is 16.7.